The minimum Gasteiger partial charge on any atom is -0.492 e. The van der Waals surface area contributed by atoms with Gasteiger partial charge in [-0.05, 0) is 52.3 Å². The highest BCUT2D eigenvalue weighted by Crippen LogP contribution is 2.25. The summed E-state index contributed by atoms with van der Waals surface area (Å²) in [6.45, 7) is 7.87. The number of hydrogen-bond donors (Lipinski definition) is 1. The molecule has 0 aromatic heterocycles. The summed E-state index contributed by atoms with van der Waals surface area (Å²) >= 11 is 0. The maximum Gasteiger partial charge on any atom is 0.310 e. The zero-order valence-electron chi connectivity index (χ0n) is 15.3. The van der Waals surface area contributed by atoms with E-state index in [-0.39, 0.29) is 23.8 Å². The lowest BCUT2D eigenvalue weighted by molar-refractivity contribution is -0.150. The molecule has 6 heteroatoms. The highest BCUT2D eigenvalue weighted by Gasteiger charge is 2.31. The van der Waals surface area contributed by atoms with Crippen LogP contribution < -0.4 is 10.1 Å². The van der Waals surface area contributed by atoms with E-state index in [1.807, 2.05) is 49.9 Å². The molecule has 25 heavy (non-hydrogen) atoms. The minimum absolute atomic E-state index is 0.100. The second-order valence-corrected chi connectivity index (χ2v) is 6.18. The van der Waals surface area contributed by atoms with Crippen LogP contribution in [-0.4, -0.2) is 49.1 Å². The van der Waals surface area contributed by atoms with Gasteiger partial charge in [-0.3, -0.25) is 14.5 Å². The molecule has 0 radical (unpaired) electrons. The van der Waals surface area contributed by atoms with E-state index in [0.717, 1.165) is 19.4 Å². The standard InChI is InChI=1S/C19H28N2O4/c1-4-24-17-11-7-6-10-16(17)20-18(22)14(3)21-12-8-9-15(13-21)19(23)25-5-2/h6-7,10-11,14-15H,4-5,8-9,12-13H2,1-3H3,(H,20,22). The van der Waals surface area contributed by atoms with Gasteiger partial charge in [-0.1, -0.05) is 12.1 Å². The molecule has 2 unspecified atom stereocenters. The number of ether oxygens (including phenoxy) is 2. The number of esters is 1. The molecule has 1 aliphatic rings. The summed E-state index contributed by atoms with van der Waals surface area (Å²) in [4.78, 5) is 26.7. The SMILES string of the molecule is CCOC(=O)C1CCCN(C(C)C(=O)Nc2ccccc2OCC)C1. The molecule has 6 nitrogen and oxygen atoms in total. The number of amides is 1. The van der Waals surface area contributed by atoms with Gasteiger partial charge in [-0.15, -0.1) is 0 Å². The third-order valence-corrected chi connectivity index (χ3v) is 4.44. The Morgan fingerprint density at radius 1 is 1.28 bits per heavy atom. The molecule has 1 saturated heterocycles. The molecule has 1 aliphatic heterocycles. The minimum atomic E-state index is -0.327. The Morgan fingerprint density at radius 2 is 2.04 bits per heavy atom. The van der Waals surface area contributed by atoms with Crippen LogP contribution in [0.2, 0.25) is 0 Å². The molecule has 2 rings (SSSR count). The normalized spacial score (nSPS) is 19.1. The van der Waals surface area contributed by atoms with Gasteiger partial charge in [0.05, 0.1) is 30.9 Å². The lowest BCUT2D eigenvalue weighted by Gasteiger charge is -2.35. The van der Waals surface area contributed by atoms with E-state index in [9.17, 15) is 9.59 Å². The van der Waals surface area contributed by atoms with Crippen LogP contribution >= 0.6 is 0 Å². The topological polar surface area (TPSA) is 67.9 Å². The lowest BCUT2D eigenvalue weighted by Crippen LogP contribution is -2.48. The zero-order valence-corrected chi connectivity index (χ0v) is 15.3. The van der Waals surface area contributed by atoms with Crippen molar-refractivity contribution < 1.29 is 19.1 Å². The Bertz CT molecular complexity index is 591. The number of para-hydroxylation sites is 2. The van der Waals surface area contributed by atoms with Crippen molar-refractivity contribution in [3.63, 3.8) is 0 Å². The maximum absolute atomic E-state index is 12.6. The molecule has 2 atom stereocenters. The molecular formula is C19H28N2O4. The fourth-order valence-electron chi connectivity index (χ4n) is 3.06. The largest absolute Gasteiger partial charge is 0.492 e. The number of likely N-dealkylation sites (tertiary alicyclic amines) is 1. The molecule has 1 N–H and O–H groups in total. The smallest absolute Gasteiger partial charge is 0.310 e. The average molecular weight is 348 g/mol. The summed E-state index contributed by atoms with van der Waals surface area (Å²) in [7, 11) is 0. The number of nitrogens with one attached hydrogen (secondary N) is 1. The number of rotatable bonds is 7. The third kappa shape index (κ3) is 5.19. The molecule has 0 aliphatic carbocycles. The predicted molar refractivity (Wildman–Crippen MR) is 96.6 cm³/mol. The Hall–Kier alpha value is -2.08. The quantitative estimate of drug-likeness (QED) is 0.768. The van der Waals surface area contributed by atoms with Crippen LogP contribution in [0.4, 0.5) is 5.69 Å². The van der Waals surface area contributed by atoms with Gasteiger partial charge in [0, 0.05) is 6.54 Å². The average Bonchev–Trinajstić information content (AvgIpc) is 2.63. The van der Waals surface area contributed by atoms with Crippen LogP contribution in [-0.2, 0) is 14.3 Å². The Morgan fingerprint density at radius 3 is 2.76 bits per heavy atom. The summed E-state index contributed by atoms with van der Waals surface area (Å²) in [6.07, 6.45) is 1.70. The fraction of sp³-hybridized carbons (Fsp3) is 0.579. The first-order valence-corrected chi connectivity index (χ1v) is 9.00. The first kappa shape index (κ1) is 19.2. The third-order valence-electron chi connectivity index (χ3n) is 4.44. The second-order valence-electron chi connectivity index (χ2n) is 6.18. The van der Waals surface area contributed by atoms with Crippen LogP contribution in [0, 0.1) is 5.92 Å². The zero-order chi connectivity index (χ0) is 18.2. The number of hydrogen-bond acceptors (Lipinski definition) is 5. The lowest BCUT2D eigenvalue weighted by atomic mass is 9.97. The fourth-order valence-corrected chi connectivity index (χ4v) is 3.06. The van der Waals surface area contributed by atoms with Crippen molar-refractivity contribution in [2.75, 3.05) is 31.6 Å². The first-order valence-electron chi connectivity index (χ1n) is 9.00. The van der Waals surface area contributed by atoms with E-state index >= 15 is 0 Å². The highest BCUT2D eigenvalue weighted by atomic mass is 16.5. The second kappa shape index (κ2) is 9.42. The van der Waals surface area contributed by atoms with E-state index in [4.69, 9.17) is 9.47 Å². The molecule has 0 spiro atoms. The number of carbonyl (C=O) groups is 2. The monoisotopic (exact) mass is 348 g/mol. The van der Waals surface area contributed by atoms with Crippen molar-refractivity contribution in [1.82, 2.24) is 4.90 Å². The molecule has 138 valence electrons. The molecule has 1 amide bonds. The summed E-state index contributed by atoms with van der Waals surface area (Å²) in [5, 5.41) is 2.94. The molecule has 0 bridgehead atoms. The van der Waals surface area contributed by atoms with Crippen LogP contribution in [0.15, 0.2) is 24.3 Å². The van der Waals surface area contributed by atoms with Gasteiger partial charge in [-0.2, -0.15) is 0 Å². The number of nitrogens with zero attached hydrogens (tertiary/aromatic N) is 1. The van der Waals surface area contributed by atoms with Crippen molar-refractivity contribution in [2.45, 2.75) is 39.7 Å². The highest BCUT2D eigenvalue weighted by molar-refractivity contribution is 5.95. The van der Waals surface area contributed by atoms with Crippen molar-refractivity contribution in [1.29, 1.82) is 0 Å². The van der Waals surface area contributed by atoms with Crippen LogP contribution in [0.3, 0.4) is 0 Å². The van der Waals surface area contributed by atoms with E-state index in [2.05, 4.69) is 5.32 Å². The molecule has 1 aromatic rings. The predicted octanol–water partition coefficient (Wildman–Crippen LogP) is 2.69. The van der Waals surface area contributed by atoms with E-state index < -0.39 is 0 Å². The Labute approximate surface area is 149 Å². The molecular weight excluding hydrogens is 320 g/mol. The van der Waals surface area contributed by atoms with Crippen LogP contribution in [0.1, 0.15) is 33.6 Å². The van der Waals surface area contributed by atoms with Crippen molar-refractivity contribution in [3.8, 4) is 5.75 Å². The first-order chi connectivity index (χ1) is 12.1. The molecule has 0 saturated carbocycles. The summed E-state index contributed by atoms with van der Waals surface area (Å²) in [6, 6.07) is 7.07. The summed E-state index contributed by atoms with van der Waals surface area (Å²) < 4.78 is 10.7. The Balaban J connectivity index is 1.98. The number of piperidine rings is 1. The van der Waals surface area contributed by atoms with Gasteiger partial charge in [0.1, 0.15) is 5.75 Å². The van der Waals surface area contributed by atoms with Gasteiger partial charge in [0.2, 0.25) is 5.91 Å². The van der Waals surface area contributed by atoms with Gasteiger partial charge in [0.15, 0.2) is 0 Å². The van der Waals surface area contributed by atoms with Gasteiger partial charge >= 0.3 is 5.97 Å². The van der Waals surface area contributed by atoms with Gasteiger partial charge in [-0.25, -0.2) is 0 Å². The van der Waals surface area contributed by atoms with Gasteiger partial charge in [0.25, 0.3) is 0 Å². The van der Waals surface area contributed by atoms with Crippen molar-refractivity contribution in [2.24, 2.45) is 5.92 Å². The van der Waals surface area contributed by atoms with Gasteiger partial charge < -0.3 is 14.8 Å². The number of anilines is 1. The van der Waals surface area contributed by atoms with E-state index in [0.29, 0.717) is 31.2 Å². The molecule has 1 aromatic carbocycles. The summed E-state index contributed by atoms with van der Waals surface area (Å²) in [5.74, 6) is 0.242. The van der Waals surface area contributed by atoms with Crippen molar-refractivity contribution in [3.05, 3.63) is 24.3 Å². The number of carbonyl (C=O) groups excluding carboxylic acids is 2. The van der Waals surface area contributed by atoms with Crippen LogP contribution in [0.25, 0.3) is 0 Å². The molecule has 1 fully saturated rings. The number of benzene rings is 1. The van der Waals surface area contributed by atoms with E-state index in [1.54, 1.807) is 0 Å². The van der Waals surface area contributed by atoms with Crippen molar-refractivity contribution >= 4 is 17.6 Å². The molecule has 1 heterocycles. The maximum atomic E-state index is 12.6. The van der Waals surface area contributed by atoms with Crippen LogP contribution in [0.5, 0.6) is 5.75 Å². The Kier molecular flexibility index (Phi) is 7.25. The van der Waals surface area contributed by atoms with E-state index in [1.165, 1.54) is 0 Å². The summed E-state index contributed by atoms with van der Waals surface area (Å²) in [5.41, 5.74) is 0.667.